The molecule has 2 heterocycles. The van der Waals surface area contributed by atoms with E-state index in [2.05, 4.69) is 15.3 Å². The first-order valence-electron chi connectivity index (χ1n) is 8.09. The van der Waals surface area contributed by atoms with Crippen molar-refractivity contribution in [3.8, 4) is 5.75 Å². The second-order valence-corrected chi connectivity index (χ2v) is 7.21. The van der Waals surface area contributed by atoms with Crippen molar-refractivity contribution in [1.29, 1.82) is 0 Å². The molecule has 132 valence electrons. The highest BCUT2D eigenvalue weighted by atomic mass is 35.5. The fourth-order valence-corrected chi connectivity index (χ4v) is 3.34. The van der Waals surface area contributed by atoms with Gasteiger partial charge in [-0.15, -0.1) is 0 Å². The van der Waals surface area contributed by atoms with Crippen LogP contribution in [0.4, 0.5) is 11.5 Å². The van der Waals surface area contributed by atoms with E-state index in [9.17, 15) is 5.11 Å². The van der Waals surface area contributed by atoms with Gasteiger partial charge in [0.2, 0.25) is 0 Å². The van der Waals surface area contributed by atoms with E-state index in [0.29, 0.717) is 33.4 Å². The zero-order valence-electron chi connectivity index (χ0n) is 14.2. The number of rotatable bonds is 2. The van der Waals surface area contributed by atoms with Crippen LogP contribution >= 0.6 is 11.6 Å². The van der Waals surface area contributed by atoms with E-state index in [1.165, 1.54) is 0 Å². The van der Waals surface area contributed by atoms with Crippen molar-refractivity contribution in [2.75, 3.05) is 5.32 Å². The minimum absolute atomic E-state index is 0.475. The highest BCUT2D eigenvalue weighted by Crippen LogP contribution is 2.43. The molecule has 0 fully saturated rings. The third-order valence-electron chi connectivity index (χ3n) is 4.58. The monoisotopic (exact) mass is 369 g/mol. The molecule has 3 aromatic rings. The Morgan fingerprint density at radius 3 is 2.85 bits per heavy atom. The van der Waals surface area contributed by atoms with E-state index >= 15 is 0 Å². The summed E-state index contributed by atoms with van der Waals surface area (Å²) in [5.41, 5.74) is 0.918. The molecule has 1 aromatic heterocycles. The molecule has 2 atom stereocenters. The van der Waals surface area contributed by atoms with Gasteiger partial charge < -0.3 is 19.7 Å². The number of aliphatic hydroxyl groups is 1. The van der Waals surface area contributed by atoms with Crippen LogP contribution in [0.15, 0.2) is 40.9 Å². The van der Waals surface area contributed by atoms with Gasteiger partial charge in [0.15, 0.2) is 17.1 Å². The molecule has 0 amide bonds. The number of benzene rings is 2. The van der Waals surface area contributed by atoms with Crippen LogP contribution in [-0.2, 0) is 0 Å². The molecule has 6 nitrogen and oxygen atoms in total. The van der Waals surface area contributed by atoms with E-state index in [1.54, 1.807) is 30.3 Å². The lowest BCUT2D eigenvalue weighted by atomic mass is 9.86. The summed E-state index contributed by atoms with van der Waals surface area (Å²) in [6.45, 7) is 10.9. The van der Waals surface area contributed by atoms with Crippen LogP contribution < -0.4 is 10.1 Å². The molecule has 0 spiro atoms. The summed E-state index contributed by atoms with van der Waals surface area (Å²) in [6.07, 6.45) is -0.866. The number of anilines is 1. The van der Waals surface area contributed by atoms with Crippen molar-refractivity contribution >= 4 is 34.1 Å². The largest absolute Gasteiger partial charge is 0.485 e. The predicted molar refractivity (Wildman–Crippen MR) is 98.8 cm³/mol. The number of nitrogens with one attached hydrogen (secondary N) is 1. The Labute approximate surface area is 155 Å². The summed E-state index contributed by atoms with van der Waals surface area (Å²) in [5, 5.41) is 19.5. The van der Waals surface area contributed by atoms with Gasteiger partial charge in [-0.05, 0) is 38.1 Å². The van der Waals surface area contributed by atoms with Gasteiger partial charge in [-0.2, -0.15) is 0 Å². The summed E-state index contributed by atoms with van der Waals surface area (Å²) >= 11 is 5.99. The lowest BCUT2D eigenvalue weighted by Gasteiger charge is -2.42. The van der Waals surface area contributed by atoms with Gasteiger partial charge in [0, 0.05) is 16.7 Å². The molecule has 0 radical (unpaired) electrons. The van der Waals surface area contributed by atoms with Crippen LogP contribution in [-0.4, -0.2) is 22.0 Å². The van der Waals surface area contributed by atoms with Gasteiger partial charge in [-0.25, -0.2) is 4.85 Å². The van der Waals surface area contributed by atoms with Crippen molar-refractivity contribution in [3.63, 3.8) is 0 Å². The number of aromatic nitrogens is 1. The fourth-order valence-electron chi connectivity index (χ4n) is 3.18. The van der Waals surface area contributed by atoms with Gasteiger partial charge in [0.1, 0.15) is 17.5 Å². The number of hydrogen-bond acceptors (Lipinski definition) is 5. The molecule has 0 saturated heterocycles. The molecular weight excluding hydrogens is 354 g/mol. The maximum Gasteiger partial charge on any atom is 0.187 e. The molecule has 0 aliphatic carbocycles. The van der Waals surface area contributed by atoms with Crippen molar-refractivity contribution < 1.29 is 14.4 Å². The Morgan fingerprint density at radius 1 is 1.27 bits per heavy atom. The number of fused-ring (bicyclic) bond motifs is 2. The van der Waals surface area contributed by atoms with Crippen molar-refractivity contribution in [2.24, 2.45) is 0 Å². The van der Waals surface area contributed by atoms with Crippen LogP contribution in [0, 0.1) is 6.57 Å². The van der Waals surface area contributed by atoms with Crippen LogP contribution in [0.1, 0.15) is 25.5 Å². The van der Waals surface area contributed by atoms with Crippen molar-refractivity contribution in [1.82, 2.24) is 5.16 Å². The van der Waals surface area contributed by atoms with Gasteiger partial charge in [-0.1, -0.05) is 22.8 Å². The predicted octanol–water partition coefficient (Wildman–Crippen LogP) is 4.72. The normalized spacial score (nSPS) is 20.9. The number of ether oxygens (including phenoxy) is 1. The van der Waals surface area contributed by atoms with E-state index in [0.717, 1.165) is 5.39 Å². The van der Waals surface area contributed by atoms with Crippen molar-refractivity contribution in [2.45, 2.75) is 31.6 Å². The molecule has 1 aliphatic heterocycles. The average Bonchev–Trinajstić information content (AvgIpc) is 3.00. The molecule has 2 N–H and O–H groups in total. The second kappa shape index (κ2) is 5.90. The highest BCUT2D eigenvalue weighted by molar-refractivity contribution is 6.31. The Balaban J connectivity index is 1.80. The first-order valence-corrected chi connectivity index (χ1v) is 8.47. The summed E-state index contributed by atoms with van der Waals surface area (Å²) < 4.78 is 11.3. The SMILES string of the molecule is [C-]#[N+]c1ccc2c(c1)[C@@H](Nc1noc3cc(Cl)ccc13)[C@H](O)C(C)(C)O2. The number of hydrogen-bond donors (Lipinski definition) is 2. The summed E-state index contributed by atoms with van der Waals surface area (Å²) in [5.74, 6) is 1.12. The number of halogens is 1. The van der Waals surface area contributed by atoms with Crippen LogP contribution in [0.2, 0.25) is 5.02 Å². The number of aliphatic hydroxyl groups excluding tert-OH is 1. The van der Waals surface area contributed by atoms with Crippen LogP contribution in [0.25, 0.3) is 15.8 Å². The maximum atomic E-state index is 10.9. The van der Waals surface area contributed by atoms with Gasteiger partial charge in [0.05, 0.1) is 18.0 Å². The zero-order chi connectivity index (χ0) is 18.5. The molecule has 0 bridgehead atoms. The van der Waals surface area contributed by atoms with Crippen LogP contribution in [0.3, 0.4) is 0 Å². The Morgan fingerprint density at radius 2 is 2.08 bits per heavy atom. The first-order chi connectivity index (χ1) is 12.4. The fraction of sp³-hybridized carbons (Fsp3) is 0.263. The minimum Gasteiger partial charge on any atom is -0.485 e. The lowest BCUT2D eigenvalue weighted by Crippen LogP contribution is -2.50. The van der Waals surface area contributed by atoms with E-state index in [1.807, 2.05) is 19.9 Å². The average molecular weight is 370 g/mol. The molecule has 7 heteroatoms. The quantitative estimate of drug-likeness (QED) is 0.640. The Hall–Kier alpha value is -2.75. The zero-order valence-corrected chi connectivity index (χ0v) is 14.9. The Bertz CT molecular complexity index is 1040. The van der Waals surface area contributed by atoms with Gasteiger partial charge in [0.25, 0.3) is 0 Å². The molecule has 0 saturated carbocycles. The third-order valence-corrected chi connectivity index (χ3v) is 4.82. The highest BCUT2D eigenvalue weighted by Gasteiger charge is 2.43. The molecule has 26 heavy (non-hydrogen) atoms. The van der Waals surface area contributed by atoms with E-state index in [-0.39, 0.29) is 0 Å². The van der Waals surface area contributed by atoms with Crippen molar-refractivity contribution in [3.05, 3.63) is 58.4 Å². The molecule has 2 aromatic carbocycles. The van der Waals surface area contributed by atoms with E-state index in [4.69, 9.17) is 27.4 Å². The van der Waals surface area contributed by atoms with E-state index < -0.39 is 17.7 Å². The lowest BCUT2D eigenvalue weighted by molar-refractivity contribution is -0.0533. The van der Waals surface area contributed by atoms with Gasteiger partial charge >= 0.3 is 0 Å². The second-order valence-electron chi connectivity index (χ2n) is 6.78. The van der Waals surface area contributed by atoms with Gasteiger partial charge in [-0.3, -0.25) is 0 Å². The van der Waals surface area contributed by atoms with Crippen LogP contribution in [0.5, 0.6) is 5.75 Å². The molecule has 0 unspecified atom stereocenters. The standard InChI is InChI=1S/C19H16ClN3O3/c1-19(2)17(24)16(13-9-11(21-3)5-7-14(13)25-19)22-18-12-6-4-10(20)8-15(12)26-23-18/h4-9,16-17,24H,1-2H3,(H,22,23)/t16-,17+/m1/s1. The molecular formula is C19H16ClN3O3. The third kappa shape index (κ3) is 2.66. The summed E-state index contributed by atoms with van der Waals surface area (Å²) in [7, 11) is 0. The topological polar surface area (TPSA) is 71.9 Å². The minimum atomic E-state index is -0.866. The molecule has 4 rings (SSSR count). The maximum absolute atomic E-state index is 10.9. The summed E-state index contributed by atoms with van der Waals surface area (Å²) in [4.78, 5) is 3.47. The Kier molecular flexibility index (Phi) is 3.79. The number of nitrogens with zero attached hydrogens (tertiary/aromatic N) is 2. The molecule has 1 aliphatic rings. The first kappa shape index (κ1) is 16.7. The smallest absolute Gasteiger partial charge is 0.187 e. The summed E-state index contributed by atoms with van der Waals surface area (Å²) in [6, 6.07) is 9.91.